The minimum atomic E-state index is -4.37. The van der Waals surface area contributed by atoms with Gasteiger partial charge in [0.05, 0.1) is 34.5 Å². The first kappa shape index (κ1) is 41.3. The third-order valence-electron chi connectivity index (χ3n) is 9.62. The average Bonchev–Trinajstić information content (AvgIpc) is 3.57. The molecule has 3 amide bonds. The maximum atomic E-state index is 14.1. The maximum absolute atomic E-state index is 14.1. The zero-order valence-electron chi connectivity index (χ0n) is 31.8. The van der Waals surface area contributed by atoms with Crippen molar-refractivity contribution in [3.8, 4) is 0 Å². The fourth-order valence-corrected chi connectivity index (χ4v) is 7.40. The van der Waals surface area contributed by atoms with Crippen LogP contribution in [-0.2, 0) is 39.3 Å². The lowest BCUT2D eigenvalue weighted by atomic mass is 10.1. The van der Waals surface area contributed by atoms with Crippen molar-refractivity contribution in [2.45, 2.75) is 62.7 Å². The van der Waals surface area contributed by atoms with Gasteiger partial charge in [-0.2, -0.15) is 8.42 Å². The van der Waals surface area contributed by atoms with E-state index in [2.05, 4.69) is 36.4 Å². The summed E-state index contributed by atoms with van der Waals surface area (Å²) in [5.41, 5.74) is 9.85. The Labute approximate surface area is 335 Å². The molecule has 304 valence electrons. The molecule has 58 heavy (non-hydrogen) atoms. The highest BCUT2D eigenvalue weighted by atomic mass is 32.2. The number of likely N-dealkylation sites (N-methyl/N-ethyl adjacent to an activating group) is 1. The number of amides is 3. The minimum Gasteiger partial charge on any atom is -0.481 e. The van der Waals surface area contributed by atoms with Crippen LogP contribution in [0.5, 0.6) is 0 Å². The average molecular weight is 812 g/mol. The molecule has 2 aromatic heterocycles. The van der Waals surface area contributed by atoms with E-state index in [-0.39, 0.29) is 48.7 Å². The van der Waals surface area contributed by atoms with Crippen LogP contribution in [0.25, 0.3) is 11.0 Å². The Morgan fingerprint density at radius 2 is 1.72 bits per heavy atom. The molecule has 1 aliphatic rings. The fraction of sp³-hybridized carbons (Fsp3) is 0.300. The Kier molecular flexibility index (Phi) is 13.3. The van der Waals surface area contributed by atoms with E-state index in [1.54, 1.807) is 54.4 Å². The monoisotopic (exact) mass is 811 g/mol. The van der Waals surface area contributed by atoms with Crippen molar-refractivity contribution in [2.75, 3.05) is 30.9 Å². The van der Waals surface area contributed by atoms with Gasteiger partial charge in [0.25, 0.3) is 21.9 Å². The number of anilines is 2. The predicted octanol–water partition coefficient (Wildman–Crippen LogP) is 4.18. The number of aromatic amines is 1. The summed E-state index contributed by atoms with van der Waals surface area (Å²) < 4.78 is 32.6. The quantitative estimate of drug-likeness (QED) is 0.0374. The summed E-state index contributed by atoms with van der Waals surface area (Å²) in [5, 5.41) is 15.3. The van der Waals surface area contributed by atoms with Gasteiger partial charge in [-0.15, -0.1) is 0 Å². The highest BCUT2D eigenvalue weighted by Gasteiger charge is 2.30. The first-order chi connectivity index (χ1) is 27.9. The molecular weight excluding hydrogens is 767 g/mol. The number of aliphatic carboxylic acids is 1. The Bertz CT molecular complexity index is 2350. The Morgan fingerprint density at radius 1 is 0.966 bits per heavy atom. The molecule has 7 N–H and O–H groups in total. The molecule has 1 aliphatic heterocycles. The van der Waals surface area contributed by atoms with Gasteiger partial charge in [0.2, 0.25) is 5.91 Å². The molecule has 17 nitrogen and oxygen atoms in total. The second-order valence-corrected chi connectivity index (χ2v) is 15.3. The molecular formula is C40H45N9O8S. The van der Waals surface area contributed by atoms with Gasteiger partial charge in [0, 0.05) is 50.7 Å². The van der Waals surface area contributed by atoms with Crippen LogP contribution in [0.15, 0.2) is 90.0 Å². The fourth-order valence-electron chi connectivity index (χ4n) is 6.68. The number of unbranched alkanes of at least 4 members (excludes halogenated alkanes) is 3. The highest BCUT2D eigenvalue weighted by Crippen LogP contribution is 2.26. The number of para-hydroxylation sites is 2. The van der Waals surface area contributed by atoms with Crippen molar-refractivity contribution in [2.24, 2.45) is 0 Å². The summed E-state index contributed by atoms with van der Waals surface area (Å²) in [5.74, 6) is -0.860. The van der Waals surface area contributed by atoms with Crippen LogP contribution < -0.4 is 21.5 Å². The molecule has 0 fully saturated rings. The molecule has 5 aromatic rings. The molecule has 0 spiro atoms. The molecule has 0 unspecified atom stereocenters. The molecule has 3 heterocycles. The molecule has 0 bridgehead atoms. The van der Waals surface area contributed by atoms with Gasteiger partial charge in [0.1, 0.15) is 17.7 Å². The summed E-state index contributed by atoms with van der Waals surface area (Å²) >= 11 is 0. The normalized spacial score (nSPS) is 14.0. The number of nitrogens with zero attached hydrogens (tertiary/aromatic N) is 4. The van der Waals surface area contributed by atoms with Crippen molar-refractivity contribution in [1.82, 2.24) is 35.5 Å². The van der Waals surface area contributed by atoms with E-state index in [0.29, 0.717) is 59.1 Å². The second kappa shape index (κ2) is 18.7. The third kappa shape index (κ3) is 10.7. The molecule has 0 aliphatic carbocycles. The standard InChI is InChI=1S/C40H45N9O8S/c1-48-24-29-20-26(14-16-30(29)44-33(40(48)54)21-37(50)51)39(53)49(25-36-45-31-11-5-6-12-32(31)46-36)19-9-3-2-8-18-41-38(52)28-15-17-35(42-22-28)47-43-23-27-10-4-7-13-34(27)58(55,56)57/h4-7,10-17,20,22,33,43-44H,2-3,8-9,18-19,21,23-25H2,1H3,(H,41,52)(H,42,47)(H,45,46)(H,50,51)(H,55,56,57)/t33-/m0/s1. The van der Waals surface area contributed by atoms with Crippen LogP contribution in [0.2, 0.25) is 0 Å². The van der Waals surface area contributed by atoms with E-state index in [9.17, 15) is 37.3 Å². The Hall–Kier alpha value is -6.37. The summed E-state index contributed by atoms with van der Waals surface area (Å²) in [6, 6.07) is 21.1. The predicted molar refractivity (Wildman–Crippen MR) is 215 cm³/mol. The van der Waals surface area contributed by atoms with Crippen molar-refractivity contribution in [3.05, 3.63) is 113 Å². The van der Waals surface area contributed by atoms with E-state index in [1.807, 2.05) is 24.3 Å². The molecule has 6 rings (SSSR count). The minimum absolute atomic E-state index is 0.0866. The number of fused-ring (bicyclic) bond motifs is 2. The van der Waals surface area contributed by atoms with Crippen LogP contribution in [0.4, 0.5) is 11.5 Å². The number of nitrogens with one attached hydrogen (secondary N) is 5. The number of H-pyrrole nitrogens is 1. The second-order valence-electron chi connectivity index (χ2n) is 14.0. The van der Waals surface area contributed by atoms with Gasteiger partial charge in [-0.25, -0.2) is 15.4 Å². The summed E-state index contributed by atoms with van der Waals surface area (Å²) in [4.78, 5) is 66.3. The van der Waals surface area contributed by atoms with Crippen LogP contribution in [0.3, 0.4) is 0 Å². The summed E-state index contributed by atoms with van der Waals surface area (Å²) in [6.45, 7) is 1.45. The lowest BCUT2D eigenvalue weighted by molar-refractivity contribution is -0.141. The van der Waals surface area contributed by atoms with Gasteiger partial charge in [0.15, 0.2) is 0 Å². The van der Waals surface area contributed by atoms with Crippen LogP contribution in [0.1, 0.15) is 69.8 Å². The van der Waals surface area contributed by atoms with Crippen molar-refractivity contribution in [3.63, 3.8) is 0 Å². The van der Waals surface area contributed by atoms with Gasteiger partial charge in [-0.3, -0.25) is 23.7 Å². The van der Waals surface area contributed by atoms with Crippen LogP contribution in [-0.4, -0.2) is 92.7 Å². The molecule has 3 aromatic carbocycles. The first-order valence-corrected chi connectivity index (χ1v) is 20.2. The van der Waals surface area contributed by atoms with E-state index in [0.717, 1.165) is 30.3 Å². The number of hydrazine groups is 1. The smallest absolute Gasteiger partial charge is 0.305 e. The summed E-state index contributed by atoms with van der Waals surface area (Å²) in [6.07, 6.45) is 4.09. The van der Waals surface area contributed by atoms with E-state index in [4.69, 9.17) is 0 Å². The maximum Gasteiger partial charge on any atom is 0.305 e. The van der Waals surface area contributed by atoms with E-state index >= 15 is 0 Å². The highest BCUT2D eigenvalue weighted by molar-refractivity contribution is 7.85. The number of aromatic nitrogens is 3. The van der Waals surface area contributed by atoms with Gasteiger partial charge in [-0.1, -0.05) is 43.2 Å². The molecule has 1 atom stereocenters. The summed E-state index contributed by atoms with van der Waals surface area (Å²) in [7, 11) is -2.76. The molecule has 18 heteroatoms. The number of carbonyl (C=O) groups excluding carboxylic acids is 3. The topological polar surface area (TPSA) is 239 Å². The van der Waals surface area contributed by atoms with Gasteiger partial charge < -0.3 is 35.9 Å². The van der Waals surface area contributed by atoms with Gasteiger partial charge >= 0.3 is 5.97 Å². The lowest BCUT2D eigenvalue weighted by Gasteiger charge is -2.23. The number of carboxylic acids is 1. The molecule has 0 saturated heterocycles. The van der Waals surface area contributed by atoms with Crippen LogP contribution in [0, 0.1) is 0 Å². The number of rotatable bonds is 18. The number of carbonyl (C=O) groups is 4. The number of hydrogen-bond donors (Lipinski definition) is 7. The molecule has 0 saturated carbocycles. The number of pyridine rings is 1. The van der Waals surface area contributed by atoms with Gasteiger partial charge in [-0.05, 0) is 72.5 Å². The van der Waals surface area contributed by atoms with E-state index < -0.39 is 22.1 Å². The van der Waals surface area contributed by atoms with Crippen LogP contribution >= 0.6 is 0 Å². The van der Waals surface area contributed by atoms with Crippen molar-refractivity contribution in [1.29, 1.82) is 0 Å². The lowest BCUT2D eigenvalue weighted by Crippen LogP contribution is -2.39. The van der Waals surface area contributed by atoms with E-state index in [1.165, 1.54) is 23.2 Å². The zero-order valence-corrected chi connectivity index (χ0v) is 32.6. The Morgan fingerprint density at radius 3 is 2.48 bits per heavy atom. The largest absolute Gasteiger partial charge is 0.481 e. The number of hydrogen-bond acceptors (Lipinski definition) is 11. The third-order valence-corrected chi connectivity index (χ3v) is 10.6. The number of benzene rings is 3. The number of imidazole rings is 1. The SMILES string of the molecule is CN1Cc2cc(C(=O)N(CCCCCCNC(=O)c3ccc(NNCc4ccccc4S(=O)(=O)O)nc3)Cc3nc4ccccc4[nH]3)ccc2N[C@@H](CC(=O)O)C1=O. The van der Waals surface area contributed by atoms with Crippen molar-refractivity contribution < 1.29 is 37.3 Å². The molecule has 0 radical (unpaired) electrons. The van der Waals surface area contributed by atoms with Crippen molar-refractivity contribution >= 4 is 56.3 Å². The Balaban J connectivity index is 0.990. The number of carboxylic acid groups (broad SMARTS) is 1. The zero-order chi connectivity index (χ0) is 41.2. The first-order valence-electron chi connectivity index (χ1n) is 18.7.